The van der Waals surface area contributed by atoms with Gasteiger partial charge in [0.2, 0.25) is 0 Å². The van der Waals surface area contributed by atoms with Crippen molar-refractivity contribution in [2.24, 2.45) is 5.92 Å². The van der Waals surface area contributed by atoms with E-state index >= 15 is 0 Å². The van der Waals surface area contributed by atoms with Crippen molar-refractivity contribution in [2.45, 2.75) is 24.7 Å². The van der Waals surface area contributed by atoms with Gasteiger partial charge in [-0.25, -0.2) is 9.97 Å². The molecule has 0 saturated carbocycles. The predicted molar refractivity (Wildman–Crippen MR) is 160 cm³/mol. The number of rotatable bonds is 0. The molecule has 0 N–H and O–H groups in total. The summed E-state index contributed by atoms with van der Waals surface area (Å²) >= 11 is 0. The quantitative estimate of drug-likeness (QED) is 0.224. The highest BCUT2D eigenvalue weighted by Gasteiger charge is 2.55. The Bertz CT molecular complexity index is 1910. The van der Waals surface area contributed by atoms with Gasteiger partial charge in [-0.1, -0.05) is 49.0 Å². The minimum atomic E-state index is 0.0567. The Labute approximate surface area is 232 Å². The van der Waals surface area contributed by atoms with Gasteiger partial charge >= 0.3 is 0 Å². The van der Waals surface area contributed by atoms with Crippen molar-refractivity contribution in [3.8, 4) is 0 Å². The number of furan rings is 1. The summed E-state index contributed by atoms with van der Waals surface area (Å²) in [5.74, 6) is 1.42. The first-order valence-corrected chi connectivity index (χ1v) is 13.8. The fourth-order valence-corrected chi connectivity index (χ4v) is 7.85. The van der Waals surface area contributed by atoms with Gasteiger partial charge in [0.25, 0.3) is 0 Å². The topological polar surface area (TPSA) is 51.9 Å². The van der Waals surface area contributed by atoms with Crippen LogP contribution in [0.4, 0.5) is 22.9 Å². The molecule has 4 unspecified atom stereocenters. The van der Waals surface area contributed by atoms with Crippen LogP contribution in [0.3, 0.4) is 0 Å². The molecule has 4 aliphatic heterocycles. The van der Waals surface area contributed by atoms with Crippen molar-refractivity contribution in [3.63, 3.8) is 0 Å². The molecule has 0 aliphatic carbocycles. The summed E-state index contributed by atoms with van der Waals surface area (Å²) in [6.45, 7) is 4.70. The van der Waals surface area contributed by atoms with Crippen molar-refractivity contribution in [2.75, 3.05) is 28.8 Å². The van der Waals surface area contributed by atoms with Crippen LogP contribution in [0, 0.1) is 5.92 Å². The second-order valence-electron chi connectivity index (χ2n) is 11.4. The minimum absolute atomic E-state index is 0.0567. The van der Waals surface area contributed by atoms with E-state index in [1.807, 2.05) is 12.3 Å². The molecule has 0 fully saturated rings. The van der Waals surface area contributed by atoms with Crippen LogP contribution in [0.1, 0.15) is 23.5 Å². The molecular weight excluding hydrogens is 496 g/mol. The van der Waals surface area contributed by atoms with Crippen LogP contribution in [0.15, 0.2) is 96.6 Å². The van der Waals surface area contributed by atoms with Gasteiger partial charge in [-0.05, 0) is 35.8 Å². The number of benzene rings is 3. The number of hydrogen-bond acceptors (Lipinski definition) is 7. The van der Waals surface area contributed by atoms with Crippen molar-refractivity contribution >= 4 is 50.4 Å². The van der Waals surface area contributed by atoms with Crippen molar-refractivity contribution in [3.05, 3.63) is 103 Å². The number of fused-ring (bicyclic) bond motifs is 16. The highest BCUT2D eigenvalue weighted by atomic mass is 16.3. The van der Waals surface area contributed by atoms with Crippen molar-refractivity contribution in [1.29, 1.82) is 0 Å². The van der Waals surface area contributed by atoms with E-state index in [4.69, 9.17) is 16.0 Å². The molecule has 40 heavy (non-hydrogen) atoms. The molecule has 9 rings (SSSR count). The summed E-state index contributed by atoms with van der Waals surface area (Å²) in [7, 11) is 4.37. The molecule has 4 atom stereocenters. The lowest BCUT2D eigenvalue weighted by Gasteiger charge is -2.52. The van der Waals surface area contributed by atoms with Gasteiger partial charge in [-0.3, -0.25) is 0 Å². The van der Waals surface area contributed by atoms with Gasteiger partial charge in [0.1, 0.15) is 29.9 Å². The Kier molecular flexibility index (Phi) is 4.23. The second kappa shape index (κ2) is 7.66. The Balaban J connectivity index is 1.32. The largest absolute Gasteiger partial charge is 0.454 e. The summed E-state index contributed by atoms with van der Waals surface area (Å²) in [6, 6.07) is 21.6. The maximum atomic E-state index is 6.62. The van der Waals surface area contributed by atoms with E-state index in [1.165, 1.54) is 11.3 Å². The molecule has 5 aromatic rings. The van der Waals surface area contributed by atoms with E-state index < -0.39 is 0 Å². The van der Waals surface area contributed by atoms with E-state index in [0.717, 1.165) is 56.7 Å². The molecule has 4 aliphatic rings. The van der Waals surface area contributed by atoms with Gasteiger partial charge in [0.15, 0.2) is 11.4 Å². The third-order valence-electron chi connectivity index (χ3n) is 9.47. The number of nitrogens with zero attached hydrogens (tertiary/aromatic N) is 6. The van der Waals surface area contributed by atoms with E-state index in [-0.39, 0.29) is 24.2 Å². The van der Waals surface area contributed by atoms with Crippen LogP contribution in [0.5, 0.6) is 0 Å². The van der Waals surface area contributed by atoms with Gasteiger partial charge in [0.05, 0.1) is 11.9 Å². The second-order valence-corrected chi connectivity index (χ2v) is 11.4. The fraction of sp³-hybridized carbons (Fsp3) is 0.212. The minimum Gasteiger partial charge on any atom is -0.454 e. The van der Waals surface area contributed by atoms with Crippen LogP contribution < -0.4 is 14.7 Å². The SMILES string of the molecule is C=C1CC2c3ccccc3N3c4cncnc4N(C)C3C2C2N(C)C=CN2c2c1ccc1c2oc2ccccc21. The number of anilines is 4. The van der Waals surface area contributed by atoms with Crippen molar-refractivity contribution < 1.29 is 4.42 Å². The Morgan fingerprint density at radius 2 is 1.75 bits per heavy atom. The Morgan fingerprint density at radius 1 is 0.900 bits per heavy atom. The first kappa shape index (κ1) is 22.1. The first-order valence-electron chi connectivity index (χ1n) is 13.8. The molecule has 7 nitrogen and oxygen atoms in total. The molecule has 0 amide bonds. The van der Waals surface area contributed by atoms with E-state index in [0.29, 0.717) is 0 Å². The van der Waals surface area contributed by atoms with Crippen LogP contribution in [0.25, 0.3) is 27.5 Å². The van der Waals surface area contributed by atoms with Crippen LogP contribution in [-0.2, 0) is 0 Å². The molecule has 7 heteroatoms. The molecule has 3 aromatic carbocycles. The highest BCUT2D eigenvalue weighted by molar-refractivity contribution is 6.11. The maximum Gasteiger partial charge on any atom is 0.159 e. The summed E-state index contributed by atoms with van der Waals surface area (Å²) < 4.78 is 6.62. The first-order chi connectivity index (χ1) is 19.6. The van der Waals surface area contributed by atoms with E-state index in [2.05, 4.69) is 106 Å². The molecule has 0 spiro atoms. The van der Waals surface area contributed by atoms with Gasteiger partial charge in [-0.15, -0.1) is 0 Å². The average molecular weight is 525 g/mol. The van der Waals surface area contributed by atoms with Gasteiger partial charge in [-0.2, -0.15) is 0 Å². The zero-order valence-corrected chi connectivity index (χ0v) is 22.4. The lowest BCUT2D eigenvalue weighted by Crippen LogP contribution is -2.59. The van der Waals surface area contributed by atoms with Gasteiger partial charge in [0, 0.05) is 60.4 Å². The fourth-order valence-electron chi connectivity index (χ4n) is 7.85. The molecule has 0 bridgehead atoms. The number of aromatic nitrogens is 2. The van der Waals surface area contributed by atoms with Crippen LogP contribution in [0.2, 0.25) is 0 Å². The number of hydrogen-bond donors (Lipinski definition) is 0. The molecule has 6 heterocycles. The lowest BCUT2D eigenvalue weighted by atomic mass is 9.72. The lowest BCUT2D eigenvalue weighted by molar-refractivity contribution is 0.186. The third-order valence-corrected chi connectivity index (χ3v) is 9.47. The number of allylic oxidation sites excluding steroid dienone is 1. The zero-order chi connectivity index (χ0) is 26.7. The third kappa shape index (κ3) is 2.64. The number of para-hydroxylation sites is 2. The van der Waals surface area contributed by atoms with Crippen LogP contribution in [-0.4, -0.2) is 41.3 Å². The molecule has 196 valence electrons. The van der Waals surface area contributed by atoms with Crippen molar-refractivity contribution in [1.82, 2.24) is 14.9 Å². The molecule has 2 aromatic heterocycles. The monoisotopic (exact) mass is 524 g/mol. The summed E-state index contributed by atoms with van der Waals surface area (Å²) in [4.78, 5) is 18.8. The Morgan fingerprint density at radius 3 is 2.67 bits per heavy atom. The maximum absolute atomic E-state index is 6.62. The van der Waals surface area contributed by atoms with E-state index in [9.17, 15) is 0 Å². The van der Waals surface area contributed by atoms with E-state index in [1.54, 1.807) is 6.33 Å². The normalized spacial score (nSPS) is 24.4. The standard InChI is InChI=1S/C33H28N6O/c1-19-16-24-21-8-4-6-10-25(21)39-26-17-34-18-35-31(26)37(3)33(39)28(24)32-36(2)14-15-38(32)29-20(19)12-13-23-22-9-5-7-11-27(22)40-30(23)29/h4-15,17-18,24,28,32-33H,1,16H2,2-3H3. The Hall–Kier alpha value is -4.78. The summed E-state index contributed by atoms with van der Waals surface area (Å²) in [6.07, 6.45) is 9.01. The average Bonchev–Trinajstić information content (AvgIpc) is 3.63. The zero-order valence-electron chi connectivity index (χ0n) is 22.4. The molecular formula is C33H28N6O. The smallest absolute Gasteiger partial charge is 0.159 e. The summed E-state index contributed by atoms with van der Waals surface area (Å²) in [5, 5.41) is 2.28. The molecule has 0 saturated heterocycles. The molecule has 0 radical (unpaired) electrons. The van der Waals surface area contributed by atoms with Crippen LogP contribution >= 0.6 is 0 Å². The highest BCUT2D eigenvalue weighted by Crippen LogP contribution is 2.58. The predicted octanol–water partition coefficient (Wildman–Crippen LogP) is 6.67. The van der Waals surface area contributed by atoms with Gasteiger partial charge < -0.3 is 24.0 Å². The summed E-state index contributed by atoms with van der Waals surface area (Å²) in [5.41, 5.74) is 8.86.